The van der Waals surface area contributed by atoms with E-state index >= 15 is 0 Å². The number of para-hydroxylation sites is 1. The zero-order chi connectivity index (χ0) is 21.8. The Morgan fingerprint density at radius 2 is 2.06 bits per heavy atom. The number of rotatable bonds is 8. The summed E-state index contributed by atoms with van der Waals surface area (Å²) in [5.41, 5.74) is 1.31. The highest BCUT2D eigenvalue weighted by atomic mass is 127. The minimum atomic E-state index is -3.44. The average molecular weight is 562 g/mol. The zero-order valence-electron chi connectivity index (χ0n) is 18.1. The predicted octanol–water partition coefficient (Wildman–Crippen LogP) is 1.19. The van der Waals surface area contributed by atoms with Crippen molar-refractivity contribution in [1.29, 1.82) is 0 Å². The summed E-state index contributed by atoms with van der Waals surface area (Å²) < 4.78 is 28.7. The summed E-state index contributed by atoms with van der Waals surface area (Å²) in [7, 11) is -1.65. The number of aryl methyl sites for hydroxylation is 1. The highest BCUT2D eigenvalue weighted by molar-refractivity contribution is 14.0. The number of aliphatic imine (C=N–C) groups is 1. The number of hydrogen-bond acceptors (Lipinski definition) is 5. The second kappa shape index (κ2) is 10.6. The Kier molecular flexibility index (Phi) is 8.72. The molecule has 3 rings (SSSR count). The summed E-state index contributed by atoms with van der Waals surface area (Å²) in [6.45, 7) is 5.01. The van der Waals surface area contributed by atoms with Crippen molar-refractivity contribution in [2.24, 2.45) is 12.0 Å². The Labute approximate surface area is 201 Å². The van der Waals surface area contributed by atoms with E-state index in [4.69, 9.17) is 0 Å². The van der Waals surface area contributed by atoms with Gasteiger partial charge in [-0.15, -0.1) is 24.0 Å². The third-order valence-corrected chi connectivity index (χ3v) is 6.82. The summed E-state index contributed by atoms with van der Waals surface area (Å²) in [6.07, 6.45) is 4.09. The monoisotopic (exact) mass is 562 g/mol. The topological polar surface area (TPSA) is 112 Å². The molecule has 1 atom stereocenters. The van der Waals surface area contributed by atoms with E-state index in [1.807, 2.05) is 31.2 Å². The van der Waals surface area contributed by atoms with Crippen LogP contribution in [0, 0.1) is 0 Å². The van der Waals surface area contributed by atoms with Crippen LogP contribution in [0.25, 0.3) is 0 Å². The van der Waals surface area contributed by atoms with Gasteiger partial charge in [-0.05, 0) is 31.9 Å². The molecule has 2 heterocycles. The van der Waals surface area contributed by atoms with Gasteiger partial charge in [-0.25, -0.2) is 13.4 Å². The van der Waals surface area contributed by atoms with Crippen molar-refractivity contribution in [3.63, 3.8) is 0 Å². The molecule has 0 saturated heterocycles. The molecule has 0 aliphatic carbocycles. The lowest BCUT2D eigenvalue weighted by molar-refractivity contribution is 0.0672. The summed E-state index contributed by atoms with van der Waals surface area (Å²) >= 11 is 0. The molecule has 9 nitrogen and oxygen atoms in total. The molecule has 3 N–H and O–H groups in total. The van der Waals surface area contributed by atoms with E-state index in [2.05, 4.69) is 20.7 Å². The highest BCUT2D eigenvalue weighted by Crippen LogP contribution is 2.29. The van der Waals surface area contributed by atoms with Crippen LogP contribution in [-0.2, 0) is 29.1 Å². The fraction of sp³-hybridized carbons (Fsp3) is 0.500. The van der Waals surface area contributed by atoms with Gasteiger partial charge in [0.05, 0.1) is 24.2 Å². The number of aliphatic hydroxyl groups is 1. The number of anilines is 1. The Bertz CT molecular complexity index is 1010. The molecule has 31 heavy (non-hydrogen) atoms. The van der Waals surface area contributed by atoms with Crippen LogP contribution in [0.3, 0.4) is 0 Å². The molecule has 11 heteroatoms. The number of benzene rings is 1. The Morgan fingerprint density at radius 1 is 1.32 bits per heavy atom. The molecule has 1 unspecified atom stereocenters. The van der Waals surface area contributed by atoms with E-state index in [9.17, 15) is 13.5 Å². The smallest absolute Gasteiger partial charge is 0.236 e. The molecule has 1 aliphatic rings. The third-order valence-electron chi connectivity index (χ3n) is 5.05. The van der Waals surface area contributed by atoms with Gasteiger partial charge in [0.1, 0.15) is 5.60 Å². The molecular formula is C20H31IN6O3S. The number of sulfonamides is 1. The van der Waals surface area contributed by atoms with Gasteiger partial charge in [0.15, 0.2) is 5.96 Å². The Balaban J connectivity index is 0.00000341. The number of fused-ring (bicyclic) bond motifs is 1. The molecule has 0 amide bonds. The number of nitrogens with zero attached hydrogens (tertiary/aromatic N) is 4. The normalized spacial score (nSPS) is 15.7. The molecular weight excluding hydrogens is 531 g/mol. The lowest BCUT2D eigenvalue weighted by Gasteiger charge is -2.21. The number of aromatic nitrogens is 2. The zero-order valence-corrected chi connectivity index (χ0v) is 21.2. The van der Waals surface area contributed by atoms with E-state index in [1.54, 1.807) is 31.0 Å². The fourth-order valence-corrected chi connectivity index (χ4v) is 4.80. The van der Waals surface area contributed by atoms with Gasteiger partial charge < -0.3 is 15.7 Å². The van der Waals surface area contributed by atoms with Gasteiger partial charge in [-0.2, -0.15) is 5.10 Å². The molecule has 1 aromatic heterocycles. The largest absolute Gasteiger partial charge is 0.383 e. The van der Waals surface area contributed by atoms with Crippen LogP contribution in [0.4, 0.5) is 5.69 Å². The number of guanidine groups is 1. The lowest BCUT2D eigenvalue weighted by Crippen LogP contribution is -2.42. The fourth-order valence-electron chi connectivity index (χ4n) is 3.37. The van der Waals surface area contributed by atoms with E-state index in [1.165, 1.54) is 4.31 Å². The van der Waals surface area contributed by atoms with Gasteiger partial charge >= 0.3 is 0 Å². The maximum atomic E-state index is 12.8. The minimum absolute atomic E-state index is 0. The molecule has 172 valence electrons. The first-order valence-electron chi connectivity index (χ1n) is 10.0. The van der Waals surface area contributed by atoms with Crippen molar-refractivity contribution < 1.29 is 13.5 Å². The average Bonchev–Trinajstić information content (AvgIpc) is 3.33. The number of nitrogens with one attached hydrogen (secondary N) is 2. The Hall–Kier alpha value is -1.86. The van der Waals surface area contributed by atoms with E-state index in [-0.39, 0.29) is 42.8 Å². The lowest BCUT2D eigenvalue weighted by atomic mass is 10.0. The van der Waals surface area contributed by atoms with Gasteiger partial charge in [0.2, 0.25) is 10.0 Å². The van der Waals surface area contributed by atoms with Crippen LogP contribution < -0.4 is 14.9 Å². The second-order valence-electron chi connectivity index (χ2n) is 7.57. The molecule has 0 spiro atoms. The second-order valence-corrected chi connectivity index (χ2v) is 9.58. The number of hydrogen-bond donors (Lipinski definition) is 3. The molecule has 0 bridgehead atoms. The highest BCUT2D eigenvalue weighted by Gasteiger charge is 2.29. The Morgan fingerprint density at radius 3 is 2.74 bits per heavy atom. The molecule has 0 fully saturated rings. The van der Waals surface area contributed by atoms with Crippen molar-refractivity contribution in [3.8, 4) is 0 Å². The third kappa shape index (κ3) is 6.32. The minimum Gasteiger partial charge on any atom is -0.383 e. The molecule has 0 radical (unpaired) electrons. The maximum absolute atomic E-state index is 12.8. The van der Waals surface area contributed by atoms with Gasteiger partial charge in [0.25, 0.3) is 0 Å². The standard InChI is InChI=1S/C20H30N6O3S.HI/c1-4-21-19(23-15-20(2,27)17-13-24-25(3)14-17)22-10-12-30(28,29)26-11-9-16-7-5-6-8-18(16)26;/h5-8,13-14,27H,4,9-12,15H2,1-3H3,(H2,21,22,23);1H. The SMILES string of the molecule is CCNC(=NCC(C)(O)c1cnn(C)c1)NCCS(=O)(=O)N1CCc2ccccc21.I. The van der Waals surface area contributed by atoms with Crippen LogP contribution in [-0.4, -0.2) is 61.2 Å². The summed E-state index contributed by atoms with van der Waals surface area (Å²) in [5, 5.41) is 20.9. The molecule has 1 aliphatic heterocycles. The van der Waals surface area contributed by atoms with E-state index in [0.29, 0.717) is 24.6 Å². The van der Waals surface area contributed by atoms with Gasteiger partial charge in [-0.3, -0.25) is 8.99 Å². The van der Waals surface area contributed by atoms with E-state index < -0.39 is 15.6 Å². The van der Waals surface area contributed by atoms with Crippen molar-refractivity contribution in [2.45, 2.75) is 25.9 Å². The van der Waals surface area contributed by atoms with Crippen molar-refractivity contribution in [3.05, 3.63) is 47.8 Å². The first-order valence-corrected chi connectivity index (χ1v) is 11.7. The van der Waals surface area contributed by atoms with Crippen LogP contribution in [0.1, 0.15) is 25.0 Å². The van der Waals surface area contributed by atoms with Crippen molar-refractivity contribution in [2.75, 3.05) is 36.2 Å². The van der Waals surface area contributed by atoms with Crippen molar-refractivity contribution >= 4 is 45.6 Å². The summed E-state index contributed by atoms with van der Waals surface area (Å²) in [6, 6.07) is 7.59. The number of halogens is 1. The maximum Gasteiger partial charge on any atom is 0.236 e. The first kappa shape index (κ1) is 25.4. The van der Waals surface area contributed by atoms with Crippen LogP contribution in [0.5, 0.6) is 0 Å². The van der Waals surface area contributed by atoms with Crippen LogP contribution in [0.2, 0.25) is 0 Å². The van der Waals surface area contributed by atoms with Gasteiger partial charge in [0, 0.05) is 38.4 Å². The van der Waals surface area contributed by atoms with Gasteiger partial charge in [-0.1, -0.05) is 18.2 Å². The van der Waals surface area contributed by atoms with E-state index in [0.717, 1.165) is 17.7 Å². The van der Waals surface area contributed by atoms with Crippen LogP contribution in [0.15, 0.2) is 41.7 Å². The van der Waals surface area contributed by atoms with Crippen molar-refractivity contribution in [1.82, 2.24) is 20.4 Å². The quantitative estimate of drug-likeness (QED) is 0.253. The molecule has 0 saturated carbocycles. The molecule has 2 aromatic rings. The summed E-state index contributed by atoms with van der Waals surface area (Å²) in [4.78, 5) is 4.42. The van der Waals surface area contributed by atoms with Crippen LogP contribution >= 0.6 is 24.0 Å². The summed E-state index contributed by atoms with van der Waals surface area (Å²) in [5.74, 6) is 0.406. The molecule has 1 aromatic carbocycles. The first-order chi connectivity index (χ1) is 14.2. The predicted molar refractivity (Wildman–Crippen MR) is 133 cm³/mol.